The average molecular weight is 333 g/mol. The molecule has 0 aromatic carbocycles. The Morgan fingerprint density at radius 2 is 1.82 bits per heavy atom. The van der Waals surface area contributed by atoms with Crippen LogP contribution in [0.5, 0.6) is 0 Å². The quantitative estimate of drug-likeness (QED) is 0.775. The summed E-state index contributed by atoms with van der Waals surface area (Å²) in [4.78, 5) is 12.5. The predicted octanol–water partition coefficient (Wildman–Crippen LogP) is 4.17. The highest BCUT2D eigenvalue weighted by atomic mass is 79.9. The molecule has 88 valence electrons. The first-order valence-corrected chi connectivity index (χ1v) is 6.49. The second-order valence-corrected chi connectivity index (χ2v) is 4.98. The fourth-order valence-corrected chi connectivity index (χ4v) is 2.41. The van der Waals surface area contributed by atoms with Gasteiger partial charge in [-0.1, -0.05) is 30.1 Å². The van der Waals surface area contributed by atoms with Crippen LogP contribution in [0.2, 0.25) is 10.3 Å². The van der Waals surface area contributed by atoms with Gasteiger partial charge in [-0.2, -0.15) is 0 Å². The van der Waals surface area contributed by atoms with Crippen LogP contribution < -0.4 is 0 Å². The lowest BCUT2D eigenvalue weighted by Crippen LogP contribution is -1.96. The standard InChI is InChI=1S/C11H8BrCl2N3/c1-2-8-9(13)16-11(17-10(8)14)6-3-7(12)5-15-4-6/h3-5H,2H2,1H3. The van der Waals surface area contributed by atoms with Gasteiger partial charge >= 0.3 is 0 Å². The Morgan fingerprint density at radius 1 is 1.18 bits per heavy atom. The fraction of sp³-hybridized carbons (Fsp3) is 0.182. The molecule has 0 saturated carbocycles. The van der Waals surface area contributed by atoms with Crippen LogP contribution in [0.15, 0.2) is 22.9 Å². The molecule has 2 aromatic rings. The third-order valence-corrected chi connectivity index (χ3v) is 3.28. The summed E-state index contributed by atoms with van der Waals surface area (Å²) in [5, 5.41) is 0.782. The number of hydrogen-bond acceptors (Lipinski definition) is 3. The summed E-state index contributed by atoms with van der Waals surface area (Å²) in [7, 11) is 0. The van der Waals surface area contributed by atoms with Crippen molar-refractivity contribution in [2.75, 3.05) is 0 Å². The molecule has 0 saturated heterocycles. The molecule has 0 amide bonds. The highest BCUT2D eigenvalue weighted by Crippen LogP contribution is 2.26. The van der Waals surface area contributed by atoms with Crippen molar-refractivity contribution < 1.29 is 0 Å². The van der Waals surface area contributed by atoms with Gasteiger partial charge in [0.15, 0.2) is 5.82 Å². The van der Waals surface area contributed by atoms with E-state index in [-0.39, 0.29) is 0 Å². The van der Waals surface area contributed by atoms with E-state index in [9.17, 15) is 0 Å². The Bertz CT molecular complexity index is 537. The second-order valence-electron chi connectivity index (χ2n) is 3.35. The maximum Gasteiger partial charge on any atom is 0.164 e. The summed E-state index contributed by atoms with van der Waals surface area (Å²) in [5.74, 6) is 0.478. The summed E-state index contributed by atoms with van der Waals surface area (Å²) in [6.07, 6.45) is 4.06. The summed E-state index contributed by atoms with van der Waals surface area (Å²) in [5.41, 5.74) is 1.53. The van der Waals surface area contributed by atoms with E-state index in [0.29, 0.717) is 22.6 Å². The minimum Gasteiger partial charge on any atom is -0.263 e. The first-order chi connectivity index (χ1) is 8.11. The van der Waals surface area contributed by atoms with E-state index in [2.05, 4.69) is 30.9 Å². The Kier molecular flexibility index (Phi) is 3.97. The molecule has 2 rings (SSSR count). The van der Waals surface area contributed by atoms with Gasteiger partial charge in [0.05, 0.1) is 0 Å². The number of halogens is 3. The van der Waals surface area contributed by atoms with Gasteiger partial charge in [-0.05, 0) is 28.4 Å². The molecule has 0 fully saturated rings. The van der Waals surface area contributed by atoms with E-state index in [1.54, 1.807) is 12.4 Å². The zero-order valence-electron chi connectivity index (χ0n) is 8.91. The first kappa shape index (κ1) is 12.7. The Labute approximate surface area is 117 Å². The van der Waals surface area contributed by atoms with Gasteiger partial charge in [-0.15, -0.1) is 0 Å². The molecule has 3 nitrogen and oxygen atoms in total. The Balaban J connectivity index is 2.54. The lowest BCUT2D eigenvalue weighted by atomic mass is 10.2. The second kappa shape index (κ2) is 5.29. The monoisotopic (exact) mass is 331 g/mol. The van der Waals surface area contributed by atoms with Crippen molar-refractivity contribution in [3.05, 3.63) is 38.8 Å². The summed E-state index contributed by atoms with van der Waals surface area (Å²) >= 11 is 15.5. The molecular formula is C11H8BrCl2N3. The summed E-state index contributed by atoms with van der Waals surface area (Å²) < 4.78 is 0.852. The van der Waals surface area contributed by atoms with Gasteiger partial charge < -0.3 is 0 Å². The molecular weight excluding hydrogens is 325 g/mol. The molecule has 0 radical (unpaired) electrons. The number of nitrogens with zero attached hydrogens (tertiary/aromatic N) is 3. The normalized spacial score (nSPS) is 10.6. The van der Waals surface area contributed by atoms with Crippen LogP contribution >= 0.6 is 39.1 Å². The zero-order chi connectivity index (χ0) is 12.4. The molecule has 0 aliphatic heterocycles. The molecule has 6 heteroatoms. The van der Waals surface area contributed by atoms with Crippen molar-refractivity contribution in [3.8, 4) is 11.4 Å². The Hall–Kier alpha value is -0.710. The lowest BCUT2D eigenvalue weighted by Gasteiger charge is -2.06. The van der Waals surface area contributed by atoms with Gasteiger partial charge in [-0.25, -0.2) is 9.97 Å². The molecule has 0 N–H and O–H groups in total. The van der Waals surface area contributed by atoms with Gasteiger partial charge in [-0.3, -0.25) is 4.98 Å². The van der Waals surface area contributed by atoms with Crippen molar-refractivity contribution in [1.29, 1.82) is 0 Å². The smallest absolute Gasteiger partial charge is 0.164 e. The molecule has 0 aliphatic rings. The van der Waals surface area contributed by atoms with Crippen LogP contribution in [0.4, 0.5) is 0 Å². The zero-order valence-corrected chi connectivity index (χ0v) is 12.0. The van der Waals surface area contributed by atoms with E-state index in [1.807, 2.05) is 13.0 Å². The van der Waals surface area contributed by atoms with Crippen molar-refractivity contribution >= 4 is 39.1 Å². The molecule has 17 heavy (non-hydrogen) atoms. The average Bonchev–Trinajstić information content (AvgIpc) is 2.28. The molecule has 0 unspecified atom stereocenters. The highest BCUT2D eigenvalue weighted by Gasteiger charge is 2.11. The van der Waals surface area contributed by atoms with E-state index in [0.717, 1.165) is 15.6 Å². The number of rotatable bonds is 2. The van der Waals surface area contributed by atoms with Crippen molar-refractivity contribution in [2.24, 2.45) is 0 Å². The summed E-state index contributed by atoms with van der Waals surface area (Å²) in [6, 6.07) is 1.86. The van der Waals surface area contributed by atoms with Crippen LogP contribution in [0.1, 0.15) is 12.5 Å². The number of hydrogen-bond donors (Lipinski definition) is 0. The van der Waals surface area contributed by atoms with E-state index >= 15 is 0 Å². The molecule has 0 atom stereocenters. The maximum absolute atomic E-state index is 6.06. The van der Waals surface area contributed by atoms with E-state index in [1.165, 1.54) is 0 Å². The van der Waals surface area contributed by atoms with Crippen LogP contribution in [-0.2, 0) is 6.42 Å². The van der Waals surface area contributed by atoms with Gasteiger partial charge in [0.1, 0.15) is 10.3 Å². The number of aromatic nitrogens is 3. The molecule has 0 aliphatic carbocycles. The maximum atomic E-state index is 6.06. The minimum absolute atomic E-state index is 0.391. The van der Waals surface area contributed by atoms with Gasteiger partial charge in [0.2, 0.25) is 0 Å². The predicted molar refractivity (Wildman–Crippen MR) is 72.4 cm³/mol. The van der Waals surface area contributed by atoms with Crippen molar-refractivity contribution in [1.82, 2.24) is 15.0 Å². The van der Waals surface area contributed by atoms with Crippen LogP contribution in [0, 0.1) is 0 Å². The molecule has 0 bridgehead atoms. The van der Waals surface area contributed by atoms with Crippen LogP contribution in [0.3, 0.4) is 0 Å². The SMILES string of the molecule is CCc1c(Cl)nc(-c2cncc(Br)c2)nc1Cl. The van der Waals surface area contributed by atoms with Crippen LogP contribution in [0.25, 0.3) is 11.4 Å². The largest absolute Gasteiger partial charge is 0.263 e. The lowest BCUT2D eigenvalue weighted by molar-refractivity contribution is 1.05. The Morgan fingerprint density at radius 3 is 2.35 bits per heavy atom. The number of pyridine rings is 1. The van der Waals surface area contributed by atoms with Crippen molar-refractivity contribution in [3.63, 3.8) is 0 Å². The third kappa shape index (κ3) is 2.76. The van der Waals surface area contributed by atoms with Gasteiger partial charge in [0.25, 0.3) is 0 Å². The van der Waals surface area contributed by atoms with E-state index < -0.39 is 0 Å². The summed E-state index contributed by atoms with van der Waals surface area (Å²) in [6.45, 7) is 1.96. The third-order valence-electron chi connectivity index (χ3n) is 2.22. The topological polar surface area (TPSA) is 38.7 Å². The molecule has 2 heterocycles. The van der Waals surface area contributed by atoms with Gasteiger partial charge in [0, 0.05) is 28.0 Å². The minimum atomic E-state index is 0.391. The fourth-order valence-electron chi connectivity index (χ4n) is 1.39. The van der Waals surface area contributed by atoms with E-state index in [4.69, 9.17) is 23.2 Å². The van der Waals surface area contributed by atoms with Crippen molar-refractivity contribution in [2.45, 2.75) is 13.3 Å². The molecule has 2 aromatic heterocycles. The molecule has 0 spiro atoms. The first-order valence-electron chi connectivity index (χ1n) is 4.94. The van der Waals surface area contributed by atoms with Crippen LogP contribution in [-0.4, -0.2) is 15.0 Å². The highest BCUT2D eigenvalue weighted by molar-refractivity contribution is 9.10.